The molecule has 0 spiro atoms. The highest BCUT2D eigenvalue weighted by Crippen LogP contribution is 2.24. The highest BCUT2D eigenvalue weighted by atomic mass is 79.9. The van der Waals surface area contributed by atoms with E-state index in [2.05, 4.69) is 58.9 Å². The molecule has 0 aromatic heterocycles. The van der Waals surface area contributed by atoms with E-state index in [1.807, 2.05) is 6.07 Å². The molecule has 3 heteroatoms. The standard InChI is InChI=1S/C15H17BrOS/c16-14-6-4-13-11-15(7-5-12(13)10-14)17-8-2-1-3-9-18/h4-7,10-11,18H,1-3,8-9H2. The zero-order chi connectivity index (χ0) is 12.8. The first kappa shape index (κ1) is 13.8. The van der Waals surface area contributed by atoms with Gasteiger partial charge in [0.15, 0.2) is 0 Å². The Morgan fingerprint density at radius 1 is 0.944 bits per heavy atom. The molecule has 0 bridgehead atoms. The zero-order valence-corrected chi connectivity index (χ0v) is 12.7. The number of hydrogen-bond acceptors (Lipinski definition) is 2. The smallest absolute Gasteiger partial charge is 0.119 e. The van der Waals surface area contributed by atoms with Gasteiger partial charge in [0.1, 0.15) is 5.75 Å². The first-order valence-electron chi connectivity index (χ1n) is 6.22. The van der Waals surface area contributed by atoms with Crippen LogP contribution in [0.3, 0.4) is 0 Å². The highest BCUT2D eigenvalue weighted by Gasteiger charge is 1.98. The van der Waals surface area contributed by atoms with Crippen LogP contribution in [-0.4, -0.2) is 12.4 Å². The number of benzene rings is 2. The number of thiol groups is 1. The monoisotopic (exact) mass is 324 g/mol. The number of ether oxygens (including phenoxy) is 1. The van der Waals surface area contributed by atoms with E-state index in [1.54, 1.807) is 0 Å². The number of rotatable bonds is 6. The maximum Gasteiger partial charge on any atom is 0.119 e. The lowest BCUT2D eigenvalue weighted by molar-refractivity contribution is 0.307. The molecule has 96 valence electrons. The molecule has 0 aliphatic carbocycles. The molecule has 0 aliphatic rings. The second-order valence-corrected chi connectivity index (χ2v) is 5.65. The van der Waals surface area contributed by atoms with Crippen LogP contribution in [0.2, 0.25) is 0 Å². The molecular formula is C15H17BrOS. The van der Waals surface area contributed by atoms with Crippen LogP contribution >= 0.6 is 28.6 Å². The van der Waals surface area contributed by atoms with Gasteiger partial charge in [-0.2, -0.15) is 12.6 Å². The number of halogens is 1. The minimum Gasteiger partial charge on any atom is -0.494 e. The average molecular weight is 325 g/mol. The molecular weight excluding hydrogens is 308 g/mol. The lowest BCUT2D eigenvalue weighted by Crippen LogP contribution is -1.97. The van der Waals surface area contributed by atoms with Crippen LogP contribution in [0.5, 0.6) is 5.75 Å². The Hall–Kier alpha value is -0.670. The molecule has 18 heavy (non-hydrogen) atoms. The first-order chi connectivity index (χ1) is 8.79. The van der Waals surface area contributed by atoms with Crippen LogP contribution in [0, 0.1) is 0 Å². The summed E-state index contributed by atoms with van der Waals surface area (Å²) < 4.78 is 6.86. The van der Waals surface area contributed by atoms with Crippen LogP contribution in [0.4, 0.5) is 0 Å². The van der Waals surface area contributed by atoms with Gasteiger partial charge in [0.05, 0.1) is 6.61 Å². The van der Waals surface area contributed by atoms with E-state index in [4.69, 9.17) is 4.74 Å². The summed E-state index contributed by atoms with van der Waals surface area (Å²) in [5.74, 6) is 1.92. The van der Waals surface area contributed by atoms with Crippen LogP contribution in [0.1, 0.15) is 19.3 Å². The van der Waals surface area contributed by atoms with Crippen molar-refractivity contribution in [3.05, 3.63) is 40.9 Å². The van der Waals surface area contributed by atoms with Crippen molar-refractivity contribution in [3.63, 3.8) is 0 Å². The highest BCUT2D eigenvalue weighted by molar-refractivity contribution is 9.10. The fraction of sp³-hybridized carbons (Fsp3) is 0.333. The maximum absolute atomic E-state index is 5.75. The van der Waals surface area contributed by atoms with Crippen LogP contribution in [0.25, 0.3) is 10.8 Å². The Bertz CT molecular complexity index is 513. The van der Waals surface area contributed by atoms with Gasteiger partial charge in [-0.1, -0.05) is 28.1 Å². The van der Waals surface area contributed by atoms with Crippen molar-refractivity contribution >= 4 is 39.3 Å². The fourth-order valence-electron chi connectivity index (χ4n) is 1.87. The quantitative estimate of drug-likeness (QED) is 0.575. The van der Waals surface area contributed by atoms with Crippen molar-refractivity contribution in [1.82, 2.24) is 0 Å². The van der Waals surface area contributed by atoms with Gasteiger partial charge in [0.2, 0.25) is 0 Å². The molecule has 1 nitrogen and oxygen atoms in total. The molecule has 0 N–H and O–H groups in total. The van der Waals surface area contributed by atoms with Crippen molar-refractivity contribution in [2.75, 3.05) is 12.4 Å². The Balaban J connectivity index is 1.95. The van der Waals surface area contributed by atoms with Crippen molar-refractivity contribution in [3.8, 4) is 5.75 Å². The Morgan fingerprint density at radius 3 is 2.56 bits per heavy atom. The zero-order valence-electron chi connectivity index (χ0n) is 10.2. The van der Waals surface area contributed by atoms with E-state index in [9.17, 15) is 0 Å². The van der Waals surface area contributed by atoms with Gasteiger partial charge < -0.3 is 4.74 Å². The normalized spacial score (nSPS) is 10.8. The molecule has 2 aromatic rings. The van der Waals surface area contributed by atoms with E-state index >= 15 is 0 Å². The summed E-state index contributed by atoms with van der Waals surface area (Å²) >= 11 is 7.68. The van der Waals surface area contributed by atoms with E-state index in [0.717, 1.165) is 35.4 Å². The summed E-state index contributed by atoms with van der Waals surface area (Å²) in [6.45, 7) is 0.788. The van der Waals surface area contributed by atoms with Gasteiger partial charge in [-0.3, -0.25) is 0 Å². The molecule has 0 saturated carbocycles. The molecule has 0 fully saturated rings. The second kappa shape index (κ2) is 7.05. The van der Waals surface area contributed by atoms with Gasteiger partial charge >= 0.3 is 0 Å². The summed E-state index contributed by atoms with van der Waals surface area (Å²) in [7, 11) is 0. The summed E-state index contributed by atoms with van der Waals surface area (Å²) in [5.41, 5.74) is 0. The first-order valence-corrected chi connectivity index (χ1v) is 7.65. The summed E-state index contributed by atoms with van der Waals surface area (Å²) in [5, 5.41) is 2.44. The lowest BCUT2D eigenvalue weighted by atomic mass is 10.1. The number of fused-ring (bicyclic) bond motifs is 1. The molecule has 0 radical (unpaired) electrons. The van der Waals surface area contributed by atoms with Crippen molar-refractivity contribution in [2.24, 2.45) is 0 Å². The van der Waals surface area contributed by atoms with Gasteiger partial charge in [-0.05, 0) is 60.1 Å². The van der Waals surface area contributed by atoms with Gasteiger partial charge in [0, 0.05) is 4.47 Å². The molecule has 0 saturated heterocycles. The molecule has 2 rings (SSSR count). The van der Waals surface area contributed by atoms with E-state index in [1.165, 1.54) is 17.2 Å². The molecule has 0 heterocycles. The number of unbranched alkanes of at least 4 members (excludes halogenated alkanes) is 2. The van der Waals surface area contributed by atoms with Crippen molar-refractivity contribution in [2.45, 2.75) is 19.3 Å². The second-order valence-electron chi connectivity index (χ2n) is 4.29. The van der Waals surface area contributed by atoms with Gasteiger partial charge in [-0.15, -0.1) is 0 Å². The predicted molar refractivity (Wildman–Crippen MR) is 84.8 cm³/mol. The third-order valence-corrected chi connectivity index (χ3v) is 3.65. The summed E-state index contributed by atoms with van der Waals surface area (Å²) in [4.78, 5) is 0. The molecule has 0 aliphatic heterocycles. The molecule has 2 aromatic carbocycles. The van der Waals surface area contributed by atoms with E-state index in [-0.39, 0.29) is 0 Å². The Kier molecular flexibility index (Phi) is 5.39. The third-order valence-electron chi connectivity index (χ3n) is 2.84. The van der Waals surface area contributed by atoms with Crippen LogP contribution in [0.15, 0.2) is 40.9 Å². The lowest BCUT2D eigenvalue weighted by Gasteiger charge is -2.07. The summed E-state index contributed by atoms with van der Waals surface area (Å²) in [6.07, 6.45) is 3.45. The van der Waals surface area contributed by atoms with Crippen molar-refractivity contribution in [1.29, 1.82) is 0 Å². The third kappa shape index (κ3) is 3.92. The maximum atomic E-state index is 5.75. The van der Waals surface area contributed by atoms with Crippen LogP contribution in [-0.2, 0) is 0 Å². The van der Waals surface area contributed by atoms with E-state index in [0.29, 0.717) is 0 Å². The minimum absolute atomic E-state index is 0.788. The van der Waals surface area contributed by atoms with Gasteiger partial charge in [-0.25, -0.2) is 0 Å². The predicted octanol–water partition coefficient (Wildman–Crippen LogP) is 5.08. The molecule has 0 amide bonds. The minimum atomic E-state index is 0.788. The number of hydrogen-bond donors (Lipinski definition) is 1. The molecule has 0 atom stereocenters. The average Bonchev–Trinajstić information content (AvgIpc) is 2.38. The van der Waals surface area contributed by atoms with Crippen molar-refractivity contribution < 1.29 is 4.74 Å². The topological polar surface area (TPSA) is 9.23 Å². The SMILES string of the molecule is SCCCCCOc1ccc2cc(Br)ccc2c1. The fourth-order valence-corrected chi connectivity index (χ4v) is 2.47. The Labute approximate surface area is 122 Å². The van der Waals surface area contributed by atoms with E-state index < -0.39 is 0 Å². The molecule has 0 unspecified atom stereocenters. The largest absolute Gasteiger partial charge is 0.494 e. The Morgan fingerprint density at radius 2 is 1.72 bits per heavy atom. The summed E-state index contributed by atoms with van der Waals surface area (Å²) in [6, 6.07) is 12.5. The van der Waals surface area contributed by atoms with Crippen LogP contribution < -0.4 is 4.74 Å². The van der Waals surface area contributed by atoms with Gasteiger partial charge in [0.25, 0.3) is 0 Å².